The molecule has 11 heteroatoms. The minimum absolute atomic E-state index is 0.0584. The van der Waals surface area contributed by atoms with Gasteiger partial charge in [0, 0.05) is 25.0 Å². The highest BCUT2D eigenvalue weighted by Gasteiger charge is 2.41. The molecule has 0 radical (unpaired) electrons. The Balaban J connectivity index is 1.91. The number of hydrogen-bond donors (Lipinski definition) is 2. The van der Waals surface area contributed by atoms with Crippen molar-refractivity contribution in [3.05, 3.63) is 119 Å². The van der Waals surface area contributed by atoms with Crippen molar-refractivity contribution in [2.45, 2.75) is 18.1 Å². The standard InChI is InChI=1S/C25H18ClF4N5O/c26-19-6-7-21(33-14-19)24(13-16-4-2-1-3-5-16,35-23(36)34-22-15-31-8-9-32-22)17-10-18(25(28,29)30)12-20(27)11-17/h1-12,14-15H,13H2,(H2,32,34,35,36)/t24-/m1/s1. The lowest BCUT2D eigenvalue weighted by Crippen LogP contribution is -2.51. The van der Waals surface area contributed by atoms with Gasteiger partial charge in [0.05, 0.1) is 22.5 Å². The second-order valence-corrected chi connectivity index (χ2v) is 8.26. The molecule has 4 aromatic rings. The van der Waals surface area contributed by atoms with E-state index in [1.807, 2.05) is 0 Å². The van der Waals surface area contributed by atoms with E-state index in [2.05, 4.69) is 25.6 Å². The SMILES string of the molecule is O=C(Nc1cnccn1)N[C@](Cc1ccccc1)(c1cc(F)cc(C(F)(F)F)c1)c1ccc(Cl)cn1. The van der Waals surface area contributed by atoms with Gasteiger partial charge in [-0.1, -0.05) is 41.9 Å². The minimum atomic E-state index is -4.83. The van der Waals surface area contributed by atoms with Crippen LogP contribution in [0.1, 0.15) is 22.4 Å². The van der Waals surface area contributed by atoms with Crippen molar-refractivity contribution in [1.29, 1.82) is 0 Å². The molecule has 0 unspecified atom stereocenters. The zero-order valence-corrected chi connectivity index (χ0v) is 19.2. The number of halogens is 5. The molecule has 2 aromatic heterocycles. The predicted molar refractivity (Wildman–Crippen MR) is 126 cm³/mol. The van der Waals surface area contributed by atoms with E-state index < -0.39 is 29.1 Å². The molecule has 0 saturated carbocycles. The summed E-state index contributed by atoms with van der Waals surface area (Å²) in [6.45, 7) is 0. The average molecular weight is 516 g/mol. The molecular formula is C25H18ClF4N5O. The monoisotopic (exact) mass is 515 g/mol. The Bertz CT molecular complexity index is 1340. The van der Waals surface area contributed by atoms with Crippen molar-refractivity contribution in [2.24, 2.45) is 0 Å². The van der Waals surface area contributed by atoms with Crippen LogP contribution in [0.15, 0.2) is 85.5 Å². The number of anilines is 1. The lowest BCUT2D eigenvalue weighted by atomic mass is 9.80. The zero-order valence-electron chi connectivity index (χ0n) is 18.4. The number of nitrogens with one attached hydrogen (secondary N) is 2. The van der Waals surface area contributed by atoms with Gasteiger partial charge in [0.2, 0.25) is 0 Å². The number of carbonyl (C=O) groups is 1. The summed E-state index contributed by atoms with van der Waals surface area (Å²) in [5, 5.41) is 5.50. The lowest BCUT2D eigenvalue weighted by molar-refractivity contribution is -0.137. The van der Waals surface area contributed by atoms with E-state index in [9.17, 15) is 22.4 Å². The second-order valence-electron chi connectivity index (χ2n) is 7.83. The van der Waals surface area contributed by atoms with Gasteiger partial charge < -0.3 is 5.32 Å². The quantitative estimate of drug-likeness (QED) is 0.309. The number of hydrogen-bond acceptors (Lipinski definition) is 4. The largest absolute Gasteiger partial charge is 0.416 e. The second kappa shape index (κ2) is 10.3. The Morgan fingerprint density at radius 2 is 1.67 bits per heavy atom. The van der Waals surface area contributed by atoms with Gasteiger partial charge in [-0.25, -0.2) is 14.2 Å². The number of alkyl halides is 3. The van der Waals surface area contributed by atoms with Crippen molar-refractivity contribution in [1.82, 2.24) is 20.3 Å². The summed E-state index contributed by atoms with van der Waals surface area (Å²) in [4.78, 5) is 25.3. The van der Waals surface area contributed by atoms with Gasteiger partial charge in [-0.2, -0.15) is 13.2 Å². The molecule has 0 bridgehead atoms. The number of amides is 2. The first-order valence-electron chi connectivity index (χ1n) is 10.6. The number of nitrogens with zero attached hydrogens (tertiary/aromatic N) is 3. The molecule has 6 nitrogen and oxygen atoms in total. The molecule has 2 heterocycles. The van der Waals surface area contributed by atoms with E-state index in [1.165, 1.54) is 36.9 Å². The van der Waals surface area contributed by atoms with E-state index in [1.54, 1.807) is 30.3 Å². The third-order valence-corrected chi connectivity index (χ3v) is 5.55. The smallest absolute Gasteiger partial charge is 0.322 e. The van der Waals surface area contributed by atoms with Crippen molar-refractivity contribution in [2.75, 3.05) is 5.32 Å². The summed E-state index contributed by atoms with van der Waals surface area (Å²) in [6.07, 6.45) is 0.467. The molecule has 0 spiro atoms. The predicted octanol–water partition coefficient (Wildman–Crippen LogP) is 5.99. The highest BCUT2D eigenvalue weighted by atomic mass is 35.5. The van der Waals surface area contributed by atoms with Crippen LogP contribution in [-0.2, 0) is 18.1 Å². The molecule has 0 aliphatic rings. The molecule has 0 fully saturated rings. The van der Waals surface area contributed by atoms with E-state index in [0.29, 0.717) is 11.6 Å². The molecule has 0 saturated heterocycles. The summed E-state index contributed by atoms with van der Waals surface area (Å²) < 4.78 is 55.6. The Hall–Kier alpha value is -4.05. The van der Waals surface area contributed by atoms with Gasteiger partial charge in [0.1, 0.15) is 11.4 Å². The third-order valence-electron chi connectivity index (χ3n) is 5.33. The van der Waals surface area contributed by atoms with E-state index in [0.717, 1.165) is 12.1 Å². The van der Waals surface area contributed by atoms with Crippen LogP contribution in [0.2, 0.25) is 5.02 Å². The Morgan fingerprint density at radius 1 is 0.917 bits per heavy atom. The fourth-order valence-corrected chi connectivity index (χ4v) is 3.87. The first-order chi connectivity index (χ1) is 17.2. The summed E-state index contributed by atoms with van der Waals surface area (Å²) in [5.74, 6) is -1.02. The summed E-state index contributed by atoms with van der Waals surface area (Å²) in [7, 11) is 0. The van der Waals surface area contributed by atoms with Crippen molar-refractivity contribution >= 4 is 23.4 Å². The molecule has 36 heavy (non-hydrogen) atoms. The molecular weight excluding hydrogens is 498 g/mol. The van der Waals surface area contributed by atoms with Gasteiger partial charge >= 0.3 is 12.2 Å². The van der Waals surface area contributed by atoms with Crippen molar-refractivity contribution in [3.63, 3.8) is 0 Å². The number of aromatic nitrogens is 3. The third kappa shape index (κ3) is 5.77. The van der Waals surface area contributed by atoms with Crippen LogP contribution in [0, 0.1) is 5.82 Å². The Kier molecular flexibility index (Phi) is 7.16. The van der Waals surface area contributed by atoms with Crippen molar-refractivity contribution in [3.8, 4) is 0 Å². The number of rotatable bonds is 6. The van der Waals surface area contributed by atoms with E-state index in [4.69, 9.17) is 11.6 Å². The van der Waals surface area contributed by atoms with Gasteiger partial charge in [0.15, 0.2) is 5.82 Å². The van der Waals surface area contributed by atoms with Crippen LogP contribution in [0.25, 0.3) is 0 Å². The van der Waals surface area contributed by atoms with E-state index in [-0.39, 0.29) is 28.5 Å². The maximum atomic E-state index is 14.6. The number of carbonyl (C=O) groups excluding carboxylic acids is 1. The van der Waals surface area contributed by atoms with Crippen molar-refractivity contribution < 1.29 is 22.4 Å². The molecule has 2 amide bonds. The average Bonchev–Trinajstić information content (AvgIpc) is 2.84. The highest BCUT2D eigenvalue weighted by molar-refractivity contribution is 6.30. The summed E-state index contributed by atoms with van der Waals surface area (Å²) in [6, 6.07) is 13.0. The van der Waals surface area contributed by atoms with Crippen LogP contribution in [0.5, 0.6) is 0 Å². The van der Waals surface area contributed by atoms with Gasteiger partial charge in [-0.15, -0.1) is 0 Å². The first kappa shape index (κ1) is 25.1. The highest BCUT2D eigenvalue weighted by Crippen LogP contribution is 2.38. The first-order valence-corrected chi connectivity index (χ1v) is 10.9. The Labute approximate surface area is 208 Å². The topological polar surface area (TPSA) is 79.8 Å². The fraction of sp³-hybridized carbons (Fsp3) is 0.120. The fourth-order valence-electron chi connectivity index (χ4n) is 3.76. The maximum absolute atomic E-state index is 14.6. The van der Waals surface area contributed by atoms with Gasteiger partial charge in [-0.05, 0) is 41.5 Å². The van der Waals surface area contributed by atoms with Gasteiger partial charge in [0.25, 0.3) is 0 Å². The maximum Gasteiger partial charge on any atom is 0.416 e. The van der Waals surface area contributed by atoms with Crippen LogP contribution >= 0.6 is 11.6 Å². The summed E-state index contributed by atoms with van der Waals surface area (Å²) >= 11 is 6.01. The number of urea groups is 1. The molecule has 184 valence electrons. The lowest BCUT2D eigenvalue weighted by Gasteiger charge is -2.35. The molecule has 2 N–H and O–H groups in total. The number of pyridine rings is 1. The normalized spacial score (nSPS) is 13.0. The molecule has 2 aromatic carbocycles. The number of benzene rings is 2. The van der Waals surface area contributed by atoms with E-state index >= 15 is 0 Å². The van der Waals surface area contributed by atoms with Crippen LogP contribution in [0.3, 0.4) is 0 Å². The molecule has 0 aliphatic carbocycles. The zero-order chi connectivity index (χ0) is 25.8. The van der Waals surface area contributed by atoms with Crippen LogP contribution < -0.4 is 10.6 Å². The van der Waals surface area contributed by atoms with Gasteiger partial charge in [-0.3, -0.25) is 15.3 Å². The molecule has 4 rings (SSSR count). The molecule has 0 aliphatic heterocycles. The summed E-state index contributed by atoms with van der Waals surface area (Å²) in [5.41, 5.74) is -2.32. The van der Waals surface area contributed by atoms with Crippen LogP contribution in [0.4, 0.5) is 28.2 Å². The molecule has 1 atom stereocenters. The Morgan fingerprint density at radius 3 is 2.31 bits per heavy atom. The minimum Gasteiger partial charge on any atom is -0.322 e. The van der Waals surface area contributed by atoms with Crippen LogP contribution in [-0.4, -0.2) is 21.0 Å².